The van der Waals surface area contributed by atoms with E-state index in [1.165, 1.54) is 4.31 Å². The Bertz CT molecular complexity index is 1140. The van der Waals surface area contributed by atoms with E-state index in [1.807, 2.05) is 30.0 Å². The smallest absolute Gasteiger partial charge is 0.225 e. The number of rotatable bonds is 4. The largest absolute Gasteiger partial charge is 0.593 e. The first kappa shape index (κ1) is 21.2. The zero-order chi connectivity index (χ0) is 22.3. The molecule has 2 aromatic heterocycles. The highest BCUT2D eigenvalue weighted by molar-refractivity contribution is 7.95. The first-order chi connectivity index (χ1) is 15.4. The van der Waals surface area contributed by atoms with Gasteiger partial charge in [0.2, 0.25) is 5.91 Å². The number of benzene rings is 1. The molecule has 1 N–H and O–H groups in total. The lowest BCUT2D eigenvalue weighted by molar-refractivity contribution is -0.135. The van der Waals surface area contributed by atoms with Crippen LogP contribution in [0.5, 0.6) is 0 Å². The summed E-state index contributed by atoms with van der Waals surface area (Å²) in [6.45, 7) is 4.04. The maximum atomic E-state index is 13.1. The zero-order valence-electron chi connectivity index (χ0n) is 18.1. The van der Waals surface area contributed by atoms with Crippen molar-refractivity contribution in [1.29, 1.82) is 0 Å². The van der Waals surface area contributed by atoms with Crippen molar-refractivity contribution >= 4 is 27.3 Å². The minimum absolute atomic E-state index is 0.127. The van der Waals surface area contributed by atoms with E-state index in [2.05, 4.69) is 15.0 Å². The summed E-state index contributed by atoms with van der Waals surface area (Å²) in [7, 11) is -3.51. The van der Waals surface area contributed by atoms with Crippen LogP contribution in [0.3, 0.4) is 0 Å². The van der Waals surface area contributed by atoms with Crippen LogP contribution in [0.15, 0.2) is 47.6 Å². The molecule has 0 bridgehead atoms. The van der Waals surface area contributed by atoms with Crippen LogP contribution in [0.1, 0.15) is 36.6 Å². The lowest BCUT2D eigenvalue weighted by atomic mass is 9.96. The third-order valence-corrected chi connectivity index (χ3v) is 8.56. The van der Waals surface area contributed by atoms with Gasteiger partial charge in [0, 0.05) is 44.2 Å². The van der Waals surface area contributed by atoms with Crippen molar-refractivity contribution in [3.63, 3.8) is 0 Å². The number of aromatic amines is 1. The second kappa shape index (κ2) is 8.38. The average Bonchev–Trinajstić information content (AvgIpc) is 3.46. The predicted octanol–water partition coefficient (Wildman–Crippen LogP) is 2.90. The fourth-order valence-electron chi connectivity index (χ4n) is 4.71. The maximum absolute atomic E-state index is 13.1. The minimum Gasteiger partial charge on any atom is -0.593 e. The molecule has 2 aliphatic heterocycles. The highest BCUT2D eigenvalue weighted by Crippen LogP contribution is 2.32. The third-order valence-electron chi connectivity index (χ3n) is 6.65. The maximum Gasteiger partial charge on any atom is 0.225 e. The van der Waals surface area contributed by atoms with E-state index in [9.17, 15) is 13.6 Å². The number of hydrogen-bond acceptors (Lipinski definition) is 5. The van der Waals surface area contributed by atoms with Gasteiger partial charge in [-0.15, -0.1) is 4.31 Å². The number of piperidine rings is 1. The fraction of sp³-hybridized carbons (Fsp3) is 0.435. The topological polar surface area (TPSA) is 105 Å². The molecule has 4 heterocycles. The van der Waals surface area contributed by atoms with Gasteiger partial charge in [-0.2, -0.15) is 0 Å². The molecule has 3 aromatic rings. The molecule has 5 rings (SSSR count). The summed E-state index contributed by atoms with van der Waals surface area (Å²) in [5.74, 6) is 1.10. The molecule has 0 spiro atoms. The van der Waals surface area contributed by atoms with Crippen molar-refractivity contribution in [3.8, 4) is 0 Å². The number of hydrogen-bond donors (Lipinski definition) is 1. The van der Waals surface area contributed by atoms with Gasteiger partial charge in [-0.3, -0.25) is 9.78 Å². The van der Waals surface area contributed by atoms with E-state index >= 15 is 0 Å². The van der Waals surface area contributed by atoms with E-state index in [4.69, 9.17) is 0 Å². The number of H-pyrrole nitrogens is 1. The van der Waals surface area contributed by atoms with E-state index in [0.29, 0.717) is 43.9 Å². The molecule has 0 saturated carbocycles. The van der Waals surface area contributed by atoms with Crippen molar-refractivity contribution in [2.24, 2.45) is 5.92 Å². The van der Waals surface area contributed by atoms with Crippen molar-refractivity contribution in [2.45, 2.75) is 37.0 Å². The number of nitrogens with zero attached hydrogens (tertiary/aromatic N) is 4. The van der Waals surface area contributed by atoms with Gasteiger partial charge < -0.3 is 14.4 Å². The molecular formula is C23H27N5O3S. The fourth-order valence-corrected chi connectivity index (χ4v) is 6.18. The number of fused-ring (bicyclic) bond motifs is 1. The quantitative estimate of drug-likeness (QED) is 0.612. The molecule has 1 amide bonds. The van der Waals surface area contributed by atoms with Gasteiger partial charge in [-0.25, -0.2) is 4.98 Å². The van der Waals surface area contributed by atoms with Crippen LogP contribution < -0.4 is 0 Å². The Morgan fingerprint density at radius 2 is 1.88 bits per heavy atom. The minimum atomic E-state index is -3.51. The average molecular weight is 454 g/mol. The monoisotopic (exact) mass is 453 g/mol. The Balaban J connectivity index is 1.19. The molecule has 2 saturated heterocycles. The Hall–Kier alpha value is -2.62. The molecule has 0 radical (unpaired) electrons. The number of sulfonamides is 1. The van der Waals surface area contributed by atoms with Crippen molar-refractivity contribution < 1.29 is 13.6 Å². The van der Waals surface area contributed by atoms with Gasteiger partial charge in [0.05, 0.1) is 17.2 Å². The number of carbonyl (C=O) groups excluding carboxylic acids is 1. The summed E-state index contributed by atoms with van der Waals surface area (Å²) < 4.78 is 27.4. The summed E-state index contributed by atoms with van der Waals surface area (Å²) in [5.41, 5.74) is 2.83. The molecular weight excluding hydrogens is 426 g/mol. The van der Waals surface area contributed by atoms with Crippen LogP contribution in [0.2, 0.25) is 0 Å². The molecule has 2 unspecified atom stereocenters. The van der Waals surface area contributed by atoms with Crippen molar-refractivity contribution in [3.05, 3.63) is 54.1 Å². The van der Waals surface area contributed by atoms with E-state index in [1.54, 1.807) is 24.5 Å². The molecule has 168 valence electrons. The second-order valence-electron chi connectivity index (χ2n) is 8.78. The summed E-state index contributed by atoms with van der Waals surface area (Å²) in [5, 5.41) is 0. The molecule has 2 atom stereocenters. The normalized spacial score (nSPS) is 22.3. The van der Waals surface area contributed by atoms with Crippen LogP contribution in [0.25, 0.3) is 11.0 Å². The highest BCUT2D eigenvalue weighted by Gasteiger charge is 2.38. The lowest BCUT2D eigenvalue weighted by Gasteiger charge is -2.34. The summed E-state index contributed by atoms with van der Waals surface area (Å²) in [6, 6.07) is 8.81. The van der Waals surface area contributed by atoms with Gasteiger partial charge in [0.15, 0.2) is 15.3 Å². The number of likely N-dealkylation sites (tertiary alicyclic amines) is 1. The van der Waals surface area contributed by atoms with E-state index < -0.39 is 10.4 Å². The third kappa shape index (κ3) is 3.96. The Labute approximate surface area is 188 Å². The van der Waals surface area contributed by atoms with Crippen LogP contribution in [-0.4, -0.2) is 60.8 Å². The van der Waals surface area contributed by atoms with Crippen molar-refractivity contribution in [1.82, 2.24) is 24.2 Å². The standard InChI is InChI=1S/C23H27N5O3S/c1-16-2-4-19(5-3-16)32(30,31)28-12-8-17(9-13-28)23(29)27-11-7-18(15-27)22-25-20-6-10-24-14-21(20)26-22/h2-6,10,14,17-18H,7-9,11-13,15H2,1H3,(H-,24,25,26,30,31). The number of imidazole rings is 1. The molecule has 1 aromatic carbocycles. The predicted molar refractivity (Wildman–Crippen MR) is 120 cm³/mol. The van der Waals surface area contributed by atoms with E-state index in [-0.39, 0.29) is 17.7 Å². The second-order valence-corrected chi connectivity index (χ2v) is 10.7. The Morgan fingerprint density at radius 1 is 1.12 bits per heavy atom. The number of carbonyl (C=O) groups is 1. The van der Waals surface area contributed by atoms with Crippen LogP contribution in [-0.2, 0) is 19.4 Å². The summed E-state index contributed by atoms with van der Waals surface area (Å²) >= 11 is 0. The number of aryl methyl sites for hydroxylation is 1. The number of nitrogens with one attached hydrogen (secondary N) is 1. The van der Waals surface area contributed by atoms with Gasteiger partial charge in [0.25, 0.3) is 0 Å². The molecule has 9 heteroatoms. The Morgan fingerprint density at radius 3 is 2.59 bits per heavy atom. The molecule has 0 aliphatic carbocycles. The zero-order valence-corrected chi connectivity index (χ0v) is 18.9. The van der Waals surface area contributed by atoms with Gasteiger partial charge >= 0.3 is 0 Å². The van der Waals surface area contributed by atoms with Crippen LogP contribution in [0.4, 0.5) is 0 Å². The van der Waals surface area contributed by atoms with E-state index in [0.717, 1.165) is 28.8 Å². The molecule has 2 aliphatic rings. The summed E-state index contributed by atoms with van der Waals surface area (Å²) in [6.07, 6.45) is 5.48. The van der Waals surface area contributed by atoms with Gasteiger partial charge in [-0.05, 0) is 44.4 Å². The van der Waals surface area contributed by atoms with Crippen LogP contribution in [0, 0.1) is 12.8 Å². The lowest BCUT2D eigenvalue weighted by Crippen LogP contribution is -2.46. The Kier molecular flexibility index (Phi) is 5.56. The van der Waals surface area contributed by atoms with Crippen LogP contribution >= 0.6 is 0 Å². The summed E-state index contributed by atoms with van der Waals surface area (Å²) in [4.78, 5) is 27.5. The first-order valence-corrected chi connectivity index (χ1v) is 12.5. The van der Waals surface area contributed by atoms with Gasteiger partial charge in [0.1, 0.15) is 5.82 Å². The van der Waals surface area contributed by atoms with Gasteiger partial charge in [-0.1, -0.05) is 21.9 Å². The number of amides is 1. The highest BCUT2D eigenvalue weighted by atomic mass is 32.3. The molecule has 32 heavy (non-hydrogen) atoms. The SMILES string of the molecule is Cc1ccc([S+](=O)([O-])N2CCC(C(=O)N3CCC(c4nc5ccncc5[nH]4)C3)CC2)cc1. The molecule has 2 fully saturated rings. The molecule has 8 nitrogen and oxygen atoms in total. The first-order valence-electron chi connectivity index (χ1n) is 11.1. The number of pyridine rings is 1. The number of aromatic nitrogens is 3. The van der Waals surface area contributed by atoms with Crippen molar-refractivity contribution in [2.75, 3.05) is 26.2 Å².